The van der Waals surface area contributed by atoms with Crippen LogP contribution in [-0.2, 0) is 16.1 Å². The van der Waals surface area contributed by atoms with Crippen molar-refractivity contribution in [1.29, 1.82) is 0 Å². The molecule has 0 spiro atoms. The molecule has 0 fully saturated rings. The van der Waals surface area contributed by atoms with Crippen LogP contribution in [0.2, 0.25) is 5.02 Å². The van der Waals surface area contributed by atoms with E-state index in [0.717, 1.165) is 11.3 Å². The monoisotopic (exact) mass is 432 g/mol. The van der Waals surface area contributed by atoms with Gasteiger partial charge in [0.2, 0.25) is 11.8 Å². The van der Waals surface area contributed by atoms with Gasteiger partial charge in [0.05, 0.1) is 13.7 Å². The normalized spacial score (nSPS) is 11.5. The number of rotatable bonds is 11. The van der Waals surface area contributed by atoms with E-state index in [1.54, 1.807) is 43.3 Å². The molecule has 0 saturated heterocycles. The first-order valence-electron chi connectivity index (χ1n) is 10.0. The van der Waals surface area contributed by atoms with Crippen molar-refractivity contribution in [3.8, 4) is 11.5 Å². The van der Waals surface area contributed by atoms with Crippen molar-refractivity contribution >= 4 is 23.4 Å². The molecule has 2 rings (SSSR count). The lowest BCUT2D eigenvalue weighted by atomic mass is 10.1. The summed E-state index contributed by atoms with van der Waals surface area (Å²) < 4.78 is 10.9. The quantitative estimate of drug-likeness (QED) is 0.544. The van der Waals surface area contributed by atoms with E-state index < -0.39 is 6.04 Å². The maximum Gasteiger partial charge on any atom is 0.242 e. The summed E-state index contributed by atoms with van der Waals surface area (Å²) >= 11 is 5.87. The van der Waals surface area contributed by atoms with E-state index >= 15 is 0 Å². The molecule has 0 saturated carbocycles. The Morgan fingerprint density at radius 3 is 2.27 bits per heavy atom. The summed E-state index contributed by atoms with van der Waals surface area (Å²) in [6.07, 6.45) is 1.37. The predicted octanol–water partition coefficient (Wildman–Crippen LogP) is 4.06. The molecule has 2 aromatic carbocycles. The van der Waals surface area contributed by atoms with E-state index in [0.29, 0.717) is 36.8 Å². The summed E-state index contributed by atoms with van der Waals surface area (Å²) in [5, 5.41) is 3.31. The van der Waals surface area contributed by atoms with E-state index in [2.05, 4.69) is 5.32 Å². The van der Waals surface area contributed by atoms with Gasteiger partial charge in [0, 0.05) is 25.0 Å². The molecule has 0 aliphatic carbocycles. The number of nitrogens with one attached hydrogen (secondary N) is 1. The molecule has 6 nitrogen and oxygen atoms in total. The summed E-state index contributed by atoms with van der Waals surface area (Å²) in [6.45, 7) is 2.66. The summed E-state index contributed by atoms with van der Waals surface area (Å²) in [6, 6.07) is 14.1. The molecule has 1 unspecified atom stereocenters. The molecule has 0 aromatic heterocycles. The number of hydrogen-bond donors (Lipinski definition) is 1. The van der Waals surface area contributed by atoms with Gasteiger partial charge in [-0.25, -0.2) is 0 Å². The van der Waals surface area contributed by atoms with Crippen molar-refractivity contribution in [2.75, 3.05) is 20.8 Å². The van der Waals surface area contributed by atoms with Gasteiger partial charge in [0.15, 0.2) is 0 Å². The van der Waals surface area contributed by atoms with Gasteiger partial charge < -0.3 is 19.7 Å². The van der Waals surface area contributed by atoms with Crippen molar-refractivity contribution in [3.05, 3.63) is 59.1 Å². The average molecular weight is 433 g/mol. The van der Waals surface area contributed by atoms with Crippen LogP contribution in [0.15, 0.2) is 48.5 Å². The van der Waals surface area contributed by atoms with Crippen molar-refractivity contribution < 1.29 is 19.1 Å². The third kappa shape index (κ3) is 6.95. The Kier molecular flexibility index (Phi) is 9.48. The lowest BCUT2D eigenvalue weighted by Gasteiger charge is -2.30. The first-order chi connectivity index (χ1) is 14.5. The molecule has 30 heavy (non-hydrogen) atoms. The minimum absolute atomic E-state index is 0.0824. The number of likely N-dealkylation sites (N-methyl/N-ethyl adjacent to an activating group) is 1. The third-order valence-electron chi connectivity index (χ3n) is 4.76. The second-order valence-corrected chi connectivity index (χ2v) is 7.25. The number of benzene rings is 2. The van der Waals surface area contributed by atoms with Gasteiger partial charge in [-0.15, -0.1) is 0 Å². The highest BCUT2D eigenvalue weighted by Gasteiger charge is 2.27. The topological polar surface area (TPSA) is 67.9 Å². The van der Waals surface area contributed by atoms with Crippen LogP contribution in [0, 0.1) is 0 Å². The maximum absolute atomic E-state index is 13.0. The van der Waals surface area contributed by atoms with Gasteiger partial charge in [-0.3, -0.25) is 9.59 Å². The summed E-state index contributed by atoms with van der Waals surface area (Å²) in [4.78, 5) is 27.0. The zero-order chi connectivity index (χ0) is 21.9. The average Bonchev–Trinajstić information content (AvgIpc) is 2.77. The molecule has 1 atom stereocenters. The van der Waals surface area contributed by atoms with Gasteiger partial charge in [0.25, 0.3) is 0 Å². The molecule has 0 heterocycles. The van der Waals surface area contributed by atoms with E-state index in [9.17, 15) is 9.59 Å². The highest BCUT2D eigenvalue weighted by Crippen LogP contribution is 2.18. The molecule has 2 amide bonds. The van der Waals surface area contributed by atoms with Crippen LogP contribution in [0.1, 0.15) is 31.7 Å². The molecular formula is C23H29ClN2O4. The Balaban J connectivity index is 2.01. The van der Waals surface area contributed by atoms with Crippen LogP contribution in [0.4, 0.5) is 0 Å². The minimum atomic E-state index is -0.526. The first-order valence-corrected chi connectivity index (χ1v) is 10.4. The van der Waals surface area contributed by atoms with Gasteiger partial charge in [-0.2, -0.15) is 0 Å². The van der Waals surface area contributed by atoms with Crippen LogP contribution in [0.5, 0.6) is 11.5 Å². The van der Waals surface area contributed by atoms with E-state index in [-0.39, 0.29) is 18.2 Å². The largest absolute Gasteiger partial charge is 0.497 e. The molecule has 7 heteroatoms. The summed E-state index contributed by atoms with van der Waals surface area (Å²) in [7, 11) is 3.19. The van der Waals surface area contributed by atoms with Gasteiger partial charge in [-0.1, -0.05) is 30.7 Å². The molecule has 162 valence electrons. The SMILES string of the molecule is CCC(C(=O)NC)N(Cc1ccc(OC)cc1)C(=O)CCCOc1ccc(Cl)cc1. The van der Waals surface area contributed by atoms with Crippen molar-refractivity contribution in [2.24, 2.45) is 0 Å². The highest BCUT2D eigenvalue weighted by molar-refractivity contribution is 6.30. The van der Waals surface area contributed by atoms with Crippen molar-refractivity contribution in [1.82, 2.24) is 10.2 Å². The van der Waals surface area contributed by atoms with Crippen LogP contribution in [0.25, 0.3) is 0 Å². The molecule has 0 aliphatic rings. The number of amides is 2. The summed E-state index contributed by atoms with van der Waals surface area (Å²) in [5.74, 6) is 1.20. The van der Waals surface area contributed by atoms with E-state index in [4.69, 9.17) is 21.1 Å². The highest BCUT2D eigenvalue weighted by atomic mass is 35.5. The van der Waals surface area contributed by atoms with Crippen molar-refractivity contribution in [2.45, 2.75) is 38.8 Å². The number of methoxy groups -OCH3 is 1. The fourth-order valence-corrected chi connectivity index (χ4v) is 3.23. The number of nitrogens with zero attached hydrogens (tertiary/aromatic N) is 1. The maximum atomic E-state index is 13.0. The third-order valence-corrected chi connectivity index (χ3v) is 5.01. The Hall–Kier alpha value is -2.73. The fourth-order valence-electron chi connectivity index (χ4n) is 3.10. The van der Waals surface area contributed by atoms with Crippen LogP contribution in [-0.4, -0.2) is 43.5 Å². The number of ether oxygens (including phenoxy) is 2. The van der Waals surface area contributed by atoms with Gasteiger partial charge in [-0.05, 0) is 54.8 Å². The zero-order valence-corrected chi connectivity index (χ0v) is 18.4. The Morgan fingerprint density at radius 1 is 1.07 bits per heavy atom. The van der Waals surface area contributed by atoms with Gasteiger partial charge >= 0.3 is 0 Å². The zero-order valence-electron chi connectivity index (χ0n) is 17.7. The minimum Gasteiger partial charge on any atom is -0.497 e. The summed E-state index contributed by atoms with van der Waals surface area (Å²) in [5.41, 5.74) is 0.934. The molecular weight excluding hydrogens is 404 g/mol. The van der Waals surface area contributed by atoms with Crippen LogP contribution < -0.4 is 14.8 Å². The number of carbonyl (C=O) groups is 2. The molecule has 0 radical (unpaired) electrons. The standard InChI is InChI=1S/C23H29ClN2O4/c1-4-21(23(28)25-2)26(16-17-7-11-19(29-3)12-8-17)22(27)6-5-15-30-20-13-9-18(24)10-14-20/h7-14,21H,4-6,15-16H2,1-3H3,(H,25,28). The number of carbonyl (C=O) groups excluding carboxylic acids is 2. The van der Waals surface area contributed by atoms with E-state index in [1.807, 2.05) is 31.2 Å². The van der Waals surface area contributed by atoms with Crippen LogP contribution >= 0.6 is 11.6 Å². The Bertz CT molecular complexity index is 809. The number of halogens is 1. The second-order valence-electron chi connectivity index (χ2n) is 6.81. The van der Waals surface area contributed by atoms with Gasteiger partial charge in [0.1, 0.15) is 17.5 Å². The van der Waals surface area contributed by atoms with E-state index in [1.165, 1.54) is 0 Å². The lowest BCUT2D eigenvalue weighted by Crippen LogP contribution is -2.48. The Labute approximate surface area is 183 Å². The smallest absolute Gasteiger partial charge is 0.242 e. The molecule has 0 bridgehead atoms. The van der Waals surface area contributed by atoms with Crippen LogP contribution in [0.3, 0.4) is 0 Å². The molecule has 2 aromatic rings. The molecule has 0 aliphatic heterocycles. The lowest BCUT2D eigenvalue weighted by molar-refractivity contribution is -0.141. The predicted molar refractivity (Wildman–Crippen MR) is 118 cm³/mol. The number of hydrogen-bond acceptors (Lipinski definition) is 4. The second kappa shape index (κ2) is 12.1. The molecule has 1 N–H and O–H groups in total. The first kappa shape index (κ1) is 23.5. The van der Waals surface area contributed by atoms with Crippen molar-refractivity contribution in [3.63, 3.8) is 0 Å². The fraction of sp³-hybridized carbons (Fsp3) is 0.391. The Morgan fingerprint density at radius 2 is 1.70 bits per heavy atom.